The number of carbonyl (C=O) groups excluding carboxylic acids is 1. The maximum Gasteiger partial charge on any atom is 0.271 e. The number of carbonyl (C=O) groups is 1. The third kappa shape index (κ3) is 2.86. The number of hydrogen-bond donors (Lipinski definition) is 2. The molecular formula is C17H16BrN5O2. The van der Waals surface area contributed by atoms with Gasteiger partial charge in [0, 0.05) is 29.3 Å². The van der Waals surface area contributed by atoms with Crippen molar-refractivity contribution in [1.29, 1.82) is 0 Å². The molecule has 8 heteroatoms. The van der Waals surface area contributed by atoms with Gasteiger partial charge in [-0.05, 0) is 47.8 Å². The van der Waals surface area contributed by atoms with Gasteiger partial charge in [-0.3, -0.25) is 14.3 Å². The summed E-state index contributed by atoms with van der Waals surface area (Å²) >= 11 is 3.29. The second-order valence-corrected chi connectivity index (χ2v) is 7.21. The molecule has 7 nitrogen and oxygen atoms in total. The van der Waals surface area contributed by atoms with Crippen LogP contribution in [0.25, 0.3) is 11.0 Å². The van der Waals surface area contributed by atoms with Gasteiger partial charge in [-0.1, -0.05) is 0 Å². The van der Waals surface area contributed by atoms with Crippen LogP contribution in [0.5, 0.6) is 0 Å². The van der Waals surface area contributed by atoms with Crippen LogP contribution in [0.3, 0.4) is 0 Å². The van der Waals surface area contributed by atoms with E-state index in [1.54, 1.807) is 10.7 Å². The number of nitrogens with one attached hydrogen (secondary N) is 2. The predicted molar refractivity (Wildman–Crippen MR) is 97.9 cm³/mol. The van der Waals surface area contributed by atoms with Crippen LogP contribution in [0.1, 0.15) is 40.5 Å². The summed E-state index contributed by atoms with van der Waals surface area (Å²) < 4.78 is 2.37. The van der Waals surface area contributed by atoms with Gasteiger partial charge in [0.2, 0.25) is 0 Å². The maximum atomic E-state index is 12.9. The molecule has 0 bridgehead atoms. The summed E-state index contributed by atoms with van der Waals surface area (Å²) in [6.07, 6.45) is 3.70. The first kappa shape index (κ1) is 16.0. The fourth-order valence-electron chi connectivity index (χ4n) is 2.97. The lowest BCUT2D eigenvalue weighted by atomic mass is 10.1. The highest BCUT2D eigenvalue weighted by Crippen LogP contribution is 2.40. The summed E-state index contributed by atoms with van der Waals surface area (Å²) in [5.74, 6) is 0.0643. The molecule has 0 spiro atoms. The van der Waals surface area contributed by atoms with Crippen LogP contribution in [0.4, 0.5) is 5.69 Å². The second kappa shape index (κ2) is 5.80. The van der Waals surface area contributed by atoms with Gasteiger partial charge in [-0.25, -0.2) is 4.98 Å². The average Bonchev–Trinajstić information content (AvgIpc) is 3.37. The molecule has 1 aliphatic rings. The average molecular weight is 402 g/mol. The summed E-state index contributed by atoms with van der Waals surface area (Å²) in [5.41, 5.74) is 2.67. The van der Waals surface area contributed by atoms with Crippen LogP contribution >= 0.6 is 15.9 Å². The second-order valence-electron chi connectivity index (χ2n) is 6.29. The number of nitrogens with zero attached hydrogens (tertiary/aromatic N) is 3. The lowest BCUT2D eigenvalue weighted by molar-refractivity contribution is 0.102. The van der Waals surface area contributed by atoms with E-state index < -0.39 is 0 Å². The molecule has 128 valence electrons. The molecule has 3 aromatic heterocycles. The number of aromatic nitrogens is 4. The van der Waals surface area contributed by atoms with Gasteiger partial charge < -0.3 is 10.3 Å². The Kier molecular flexibility index (Phi) is 3.72. The molecular weight excluding hydrogens is 386 g/mol. The summed E-state index contributed by atoms with van der Waals surface area (Å²) in [7, 11) is 1.82. The third-order valence-electron chi connectivity index (χ3n) is 4.34. The highest BCUT2D eigenvalue weighted by Gasteiger charge is 2.28. The standard InChI is InChI=1S/C17H16BrN5O2/c1-8-14-11(16(24)21-13-5-10(18)7-19-17(13)25)6-12(9-3-4-9)20-15(14)23(2)22-8/h5-7,9H,3-4H2,1-2H3,(H,19,25)(H,21,24). The first-order chi connectivity index (χ1) is 11.9. The predicted octanol–water partition coefficient (Wildman–Crippen LogP) is 2.86. The van der Waals surface area contributed by atoms with E-state index >= 15 is 0 Å². The quantitative estimate of drug-likeness (QED) is 0.705. The summed E-state index contributed by atoms with van der Waals surface area (Å²) in [6.45, 7) is 1.85. The molecule has 0 aromatic carbocycles. The van der Waals surface area contributed by atoms with E-state index in [2.05, 4.69) is 36.3 Å². The number of anilines is 1. The molecule has 1 saturated carbocycles. The van der Waals surface area contributed by atoms with Crippen molar-refractivity contribution in [3.8, 4) is 0 Å². The Balaban J connectivity index is 1.83. The first-order valence-corrected chi connectivity index (χ1v) is 8.77. The summed E-state index contributed by atoms with van der Waals surface area (Å²) in [4.78, 5) is 32.1. The van der Waals surface area contributed by atoms with Crippen molar-refractivity contribution < 1.29 is 4.79 Å². The van der Waals surface area contributed by atoms with Crippen LogP contribution < -0.4 is 10.9 Å². The lowest BCUT2D eigenvalue weighted by Crippen LogP contribution is -2.20. The van der Waals surface area contributed by atoms with Crippen LogP contribution in [-0.4, -0.2) is 25.7 Å². The van der Waals surface area contributed by atoms with E-state index in [9.17, 15) is 9.59 Å². The van der Waals surface area contributed by atoms with E-state index in [0.717, 1.165) is 29.6 Å². The van der Waals surface area contributed by atoms with Crippen molar-refractivity contribution >= 4 is 38.6 Å². The van der Waals surface area contributed by atoms with E-state index in [0.29, 0.717) is 21.6 Å². The Morgan fingerprint density at radius 3 is 2.88 bits per heavy atom. The Hall–Kier alpha value is -2.48. The molecule has 4 rings (SSSR count). The van der Waals surface area contributed by atoms with Crippen molar-refractivity contribution in [2.75, 3.05) is 5.32 Å². The maximum absolute atomic E-state index is 12.9. The fourth-order valence-corrected chi connectivity index (χ4v) is 3.31. The van der Waals surface area contributed by atoms with Gasteiger partial charge in [-0.15, -0.1) is 0 Å². The molecule has 1 fully saturated rings. The smallest absolute Gasteiger partial charge is 0.271 e. The number of pyridine rings is 2. The van der Waals surface area contributed by atoms with Gasteiger partial charge in [0.05, 0.1) is 16.6 Å². The Morgan fingerprint density at radius 2 is 2.16 bits per heavy atom. The molecule has 2 N–H and O–H groups in total. The SMILES string of the molecule is Cc1nn(C)c2nc(C3CC3)cc(C(=O)Nc3cc(Br)c[nH]c3=O)c12. The summed E-state index contributed by atoms with van der Waals surface area (Å²) in [6, 6.07) is 3.41. The first-order valence-electron chi connectivity index (χ1n) is 7.98. The zero-order chi connectivity index (χ0) is 17.7. The molecule has 0 unspecified atom stereocenters. The Bertz CT molecular complexity index is 1060. The molecule has 1 amide bonds. The minimum absolute atomic E-state index is 0.193. The molecule has 1 aliphatic carbocycles. The Morgan fingerprint density at radius 1 is 1.40 bits per heavy atom. The minimum Gasteiger partial charge on any atom is -0.326 e. The number of amides is 1. The van der Waals surface area contributed by atoms with E-state index in [4.69, 9.17) is 0 Å². The van der Waals surface area contributed by atoms with Gasteiger partial charge >= 0.3 is 0 Å². The van der Waals surface area contributed by atoms with Crippen molar-refractivity contribution in [1.82, 2.24) is 19.7 Å². The van der Waals surface area contributed by atoms with Crippen LogP contribution in [-0.2, 0) is 7.05 Å². The molecule has 0 saturated heterocycles. The number of hydrogen-bond acceptors (Lipinski definition) is 4. The van der Waals surface area contributed by atoms with Crippen molar-refractivity contribution in [2.24, 2.45) is 7.05 Å². The number of halogens is 1. The molecule has 0 atom stereocenters. The van der Waals surface area contributed by atoms with Crippen molar-refractivity contribution in [2.45, 2.75) is 25.7 Å². The zero-order valence-corrected chi connectivity index (χ0v) is 15.3. The van der Waals surface area contributed by atoms with Gasteiger partial charge in [0.25, 0.3) is 11.5 Å². The highest BCUT2D eigenvalue weighted by atomic mass is 79.9. The zero-order valence-electron chi connectivity index (χ0n) is 13.8. The van der Waals surface area contributed by atoms with Crippen molar-refractivity contribution in [3.63, 3.8) is 0 Å². The number of rotatable bonds is 3. The topological polar surface area (TPSA) is 92.7 Å². The largest absolute Gasteiger partial charge is 0.326 e. The molecule has 25 heavy (non-hydrogen) atoms. The highest BCUT2D eigenvalue weighted by molar-refractivity contribution is 9.10. The number of fused-ring (bicyclic) bond motifs is 1. The van der Waals surface area contributed by atoms with E-state index in [1.807, 2.05) is 20.0 Å². The fraction of sp³-hybridized carbons (Fsp3) is 0.294. The van der Waals surface area contributed by atoms with Crippen molar-refractivity contribution in [3.05, 3.63) is 50.1 Å². The number of H-pyrrole nitrogens is 1. The number of aromatic amines is 1. The monoisotopic (exact) mass is 401 g/mol. The normalized spacial score (nSPS) is 14.0. The summed E-state index contributed by atoms with van der Waals surface area (Å²) in [5, 5.41) is 7.81. The molecule has 3 heterocycles. The Labute approximate surface area is 151 Å². The van der Waals surface area contributed by atoms with Gasteiger partial charge in [-0.2, -0.15) is 5.10 Å². The lowest BCUT2D eigenvalue weighted by Gasteiger charge is -2.09. The van der Waals surface area contributed by atoms with E-state index in [-0.39, 0.29) is 17.2 Å². The van der Waals surface area contributed by atoms with Crippen LogP contribution in [0.15, 0.2) is 27.6 Å². The van der Waals surface area contributed by atoms with Gasteiger partial charge in [0.15, 0.2) is 5.65 Å². The third-order valence-corrected chi connectivity index (χ3v) is 4.80. The minimum atomic E-state index is -0.354. The molecule has 0 aliphatic heterocycles. The van der Waals surface area contributed by atoms with Gasteiger partial charge in [0.1, 0.15) is 5.69 Å². The van der Waals surface area contributed by atoms with E-state index in [1.165, 1.54) is 6.20 Å². The van der Waals surface area contributed by atoms with Crippen LogP contribution in [0.2, 0.25) is 0 Å². The molecule has 3 aromatic rings. The number of aryl methyl sites for hydroxylation is 2. The van der Waals surface area contributed by atoms with Crippen LogP contribution in [0, 0.1) is 6.92 Å². The molecule has 0 radical (unpaired) electrons.